The average Bonchev–Trinajstić information content (AvgIpc) is 3.39. The van der Waals surface area contributed by atoms with Crippen LogP contribution in [-0.4, -0.2) is 64.2 Å². The van der Waals surface area contributed by atoms with Crippen LogP contribution >= 0.6 is 0 Å². The Morgan fingerprint density at radius 3 is 2.48 bits per heavy atom. The third kappa shape index (κ3) is 10.0. The van der Waals surface area contributed by atoms with Crippen LogP contribution < -0.4 is 10.9 Å². The van der Waals surface area contributed by atoms with Gasteiger partial charge in [0, 0.05) is 39.9 Å². The molecule has 0 bridgehead atoms. The zero-order chi connectivity index (χ0) is 31.6. The summed E-state index contributed by atoms with van der Waals surface area (Å²) in [5.74, 6) is -0.630. The number of hydrogen-bond donors (Lipinski definition) is 2. The van der Waals surface area contributed by atoms with Crippen LogP contribution in [0.1, 0.15) is 63.6 Å². The molecule has 1 amide bonds. The van der Waals surface area contributed by atoms with Gasteiger partial charge in [0.25, 0.3) is 0 Å². The summed E-state index contributed by atoms with van der Waals surface area (Å²) in [5.41, 5.74) is 6.62. The number of carbonyl (C=O) groups is 2. The van der Waals surface area contributed by atoms with E-state index in [1.54, 1.807) is 44.9 Å². The highest BCUT2D eigenvalue weighted by Crippen LogP contribution is 2.34. The van der Waals surface area contributed by atoms with E-state index in [2.05, 4.69) is 35.6 Å². The van der Waals surface area contributed by atoms with Crippen molar-refractivity contribution in [1.29, 1.82) is 0 Å². The Hall–Kier alpha value is -2.54. The Kier molecular flexibility index (Phi) is 13.0. The van der Waals surface area contributed by atoms with Crippen LogP contribution in [0.15, 0.2) is 36.7 Å². The number of nitrogens with one attached hydrogen (secondary N) is 2. The maximum absolute atomic E-state index is 13.6. The Bertz CT molecular complexity index is 1290. The molecule has 0 fully saturated rings. The summed E-state index contributed by atoms with van der Waals surface area (Å²) < 4.78 is 38.4. The first kappa shape index (κ1) is 35.7. The molecule has 12 heteroatoms. The molecule has 1 aromatic heterocycles. The summed E-state index contributed by atoms with van der Waals surface area (Å²) in [5, 5.41) is 4.33. The van der Waals surface area contributed by atoms with Gasteiger partial charge in [-0.25, -0.2) is 18.5 Å². The van der Waals surface area contributed by atoms with Gasteiger partial charge in [-0.05, 0) is 64.1 Å². The van der Waals surface area contributed by atoms with E-state index >= 15 is 0 Å². The van der Waals surface area contributed by atoms with E-state index in [4.69, 9.17) is 9.47 Å². The molecular weight excluding hydrogens is 573 g/mol. The fourth-order valence-electron chi connectivity index (χ4n) is 4.52. The van der Waals surface area contributed by atoms with Crippen molar-refractivity contribution in [3.05, 3.63) is 53.3 Å². The number of benzene rings is 1. The number of rotatable bonds is 18. The maximum atomic E-state index is 13.6. The largest absolute Gasteiger partial charge is 0.466 e. The standard InChI is InChI=1S/C30H50N4O6SSi/c1-9-40-27(35)15-14-24-12-10-13-25(20-24)30(4,28(36)33-31-5)16-11-18-41(37,38)29(2,3)26-21-32-34(22-26)23-39-17-19-42(6,7)8/h10,12-13,20-22,31H,9,11,14-19,23H2,1-8H3,(H,33,36). The lowest BCUT2D eigenvalue weighted by molar-refractivity contribution is -0.143. The molecule has 10 nitrogen and oxygen atoms in total. The molecule has 0 saturated carbocycles. The van der Waals surface area contributed by atoms with Crippen LogP contribution in [0.5, 0.6) is 0 Å². The number of carbonyl (C=O) groups excluding carboxylic acids is 2. The first-order valence-corrected chi connectivity index (χ1v) is 20.0. The molecule has 1 atom stereocenters. The van der Waals surface area contributed by atoms with Gasteiger partial charge in [-0.15, -0.1) is 0 Å². The number of amides is 1. The summed E-state index contributed by atoms with van der Waals surface area (Å²) in [6.45, 7) is 15.1. The monoisotopic (exact) mass is 622 g/mol. The highest BCUT2D eigenvalue weighted by atomic mass is 32.2. The molecule has 2 N–H and O–H groups in total. The van der Waals surface area contributed by atoms with Crippen molar-refractivity contribution in [2.24, 2.45) is 0 Å². The number of ether oxygens (including phenoxy) is 2. The number of nitrogens with zero attached hydrogens (tertiary/aromatic N) is 2. The molecule has 1 aromatic carbocycles. The van der Waals surface area contributed by atoms with Crippen molar-refractivity contribution < 1.29 is 27.5 Å². The third-order valence-electron chi connectivity index (χ3n) is 7.64. The molecule has 0 saturated heterocycles. The van der Waals surface area contributed by atoms with Gasteiger partial charge in [0.2, 0.25) is 5.91 Å². The molecule has 1 unspecified atom stereocenters. The van der Waals surface area contributed by atoms with E-state index in [9.17, 15) is 18.0 Å². The summed E-state index contributed by atoms with van der Waals surface area (Å²) in [6, 6.07) is 8.58. The highest BCUT2D eigenvalue weighted by Gasteiger charge is 2.39. The lowest BCUT2D eigenvalue weighted by Crippen LogP contribution is -2.47. The van der Waals surface area contributed by atoms with Crippen molar-refractivity contribution in [2.45, 2.75) is 96.0 Å². The smallest absolute Gasteiger partial charge is 0.306 e. The minimum absolute atomic E-state index is 0.0944. The molecule has 0 spiro atoms. The second-order valence-corrected chi connectivity index (χ2v) is 20.9. The van der Waals surface area contributed by atoms with Gasteiger partial charge in [-0.3, -0.25) is 15.0 Å². The topological polar surface area (TPSA) is 129 Å². The van der Waals surface area contributed by atoms with E-state index in [1.807, 2.05) is 31.2 Å². The van der Waals surface area contributed by atoms with Gasteiger partial charge in [0.15, 0.2) is 9.84 Å². The van der Waals surface area contributed by atoms with Crippen molar-refractivity contribution in [1.82, 2.24) is 20.6 Å². The van der Waals surface area contributed by atoms with E-state index in [1.165, 1.54) is 0 Å². The lowest BCUT2D eigenvalue weighted by atomic mass is 9.77. The number of hydrazine groups is 1. The molecule has 0 aliphatic heterocycles. The summed E-state index contributed by atoms with van der Waals surface area (Å²) >= 11 is 0. The van der Waals surface area contributed by atoms with E-state index in [-0.39, 0.29) is 37.2 Å². The zero-order valence-electron chi connectivity index (χ0n) is 26.6. The van der Waals surface area contributed by atoms with Gasteiger partial charge in [0.05, 0.1) is 28.7 Å². The number of esters is 1. The first-order valence-electron chi connectivity index (χ1n) is 14.6. The number of aryl methyl sites for hydroxylation is 1. The SMILES string of the molecule is CCOC(=O)CCc1cccc(C(C)(CCCS(=O)(=O)C(C)(C)c2cnn(COCC[Si](C)(C)C)c2)C(=O)NNC)c1. The van der Waals surface area contributed by atoms with Crippen LogP contribution in [0.2, 0.25) is 25.7 Å². The second kappa shape index (κ2) is 15.3. The quantitative estimate of drug-likeness (QED) is 0.109. The van der Waals surface area contributed by atoms with Crippen LogP contribution in [0.4, 0.5) is 0 Å². The average molecular weight is 623 g/mol. The molecule has 42 heavy (non-hydrogen) atoms. The van der Waals surface area contributed by atoms with Gasteiger partial charge in [0.1, 0.15) is 6.73 Å². The van der Waals surface area contributed by atoms with Crippen molar-refractivity contribution in [2.75, 3.05) is 26.0 Å². The molecule has 0 aliphatic carbocycles. The fourth-order valence-corrected chi connectivity index (χ4v) is 6.78. The van der Waals surface area contributed by atoms with Crippen LogP contribution in [0, 0.1) is 0 Å². The van der Waals surface area contributed by atoms with Gasteiger partial charge in [-0.1, -0.05) is 43.9 Å². The minimum Gasteiger partial charge on any atom is -0.466 e. The van der Waals surface area contributed by atoms with Gasteiger partial charge < -0.3 is 9.47 Å². The minimum atomic E-state index is -3.61. The number of hydrogen-bond acceptors (Lipinski definition) is 8. The maximum Gasteiger partial charge on any atom is 0.306 e. The first-order chi connectivity index (χ1) is 19.6. The Morgan fingerprint density at radius 1 is 1.12 bits per heavy atom. The molecule has 1 heterocycles. The molecule has 2 aromatic rings. The molecule has 0 aliphatic rings. The fraction of sp³-hybridized carbons (Fsp3) is 0.633. The predicted octanol–water partition coefficient (Wildman–Crippen LogP) is 4.33. The summed E-state index contributed by atoms with van der Waals surface area (Å²) in [6.07, 6.45) is 4.63. The van der Waals surface area contributed by atoms with Crippen LogP contribution in [0.3, 0.4) is 0 Å². The van der Waals surface area contributed by atoms with Crippen molar-refractivity contribution in [3.8, 4) is 0 Å². The van der Waals surface area contributed by atoms with E-state index in [0.29, 0.717) is 31.6 Å². The Morgan fingerprint density at radius 2 is 1.83 bits per heavy atom. The van der Waals surface area contributed by atoms with Gasteiger partial charge >= 0.3 is 5.97 Å². The normalized spacial score (nSPS) is 13.9. The van der Waals surface area contributed by atoms with Crippen LogP contribution in [0.25, 0.3) is 0 Å². The van der Waals surface area contributed by atoms with Crippen molar-refractivity contribution >= 4 is 29.8 Å². The Balaban J connectivity index is 2.13. The van der Waals surface area contributed by atoms with Gasteiger partial charge in [-0.2, -0.15) is 5.10 Å². The second-order valence-electron chi connectivity index (χ2n) is 12.6. The predicted molar refractivity (Wildman–Crippen MR) is 168 cm³/mol. The lowest BCUT2D eigenvalue weighted by Gasteiger charge is -2.30. The summed E-state index contributed by atoms with van der Waals surface area (Å²) in [7, 11) is -3.19. The number of sulfone groups is 1. The van der Waals surface area contributed by atoms with E-state index in [0.717, 1.165) is 17.2 Å². The Labute approximate surface area is 252 Å². The van der Waals surface area contributed by atoms with E-state index < -0.39 is 28.1 Å². The molecule has 0 radical (unpaired) electrons. The molecule has 2 rings (SSSR count). The zero-order valence-corrected chi connectivity index (χ0v) is 28.4. The molecular formula is C30H50N4O6SSi. The third-order valence-corrected chi connectivity index (χ3v) is 12.0. The van der Waals surface area contributed by atoms with Crippen LogP contribution in [-0.2, 0) is 52.2 Å². The number of aromatic nitrogens is 2. The van der Waals surface area contributed by atoms with Crippen molar-refractivity contribution in [3.63, 3.8) is 0 Å². The molecule has 236 valence electrons. The summed E-state index contributed by atoms with van der Waals surface area (Å²) in [4.78, 5) is 25.1. The highest BCUT2D eigenvalue weighted by molar-refractivity contribution is 7.92.